The summed E-state index contributed by atoms with van der Waals surface area (Å²) in [5, 5.41) is 5.66. The maximum absolute atomic E-state index is 11.9. The number of benzene rings is 2. The molecule has 1 atom stereocenters. The summed E-state index contributed by atoms with van der Waals surface area (Å²) in [7, 11) is 0. The summed E-state index contributed by atoms with van der Waals surface area (Å²) in [6, 6.07) is 15.7. The molecule has 10 nitrogen and oxygen atoms in total. The average molecular weight is 519 g/mol. The van der Waals surface area contributed by atoms with Crippen molar-refractivity contribution in [2.24, 2.45) is 4.99 Å². The summed E-state index contributed by atoms with van der Waals surface area (Å²) < 4.78 is 7.41. The Morgan fingerprint density at radius 3 is 2.82 bits per heavy atom. The van der Waals surface area contributed by atoms with Gasteiger partial charge in [-0.15, -0.1) is 0 Å². The molecule has 0 saturated heterocycles. The molecule has 194 valence electrons. The number of carbonyl (C=O) groups is 1. The molecule has 3 aromatic heterocycles. The van der Waals surface area contributed by atoms with E-state index in [1.165, 1.54) is 6.33 Å². The SMILES string of the molecule is Cc1cccc(CC(Cn2nc(C3C=Cc4nc(N)oc4C3)c3c(N)ncnc32)=Nc2ccccc2)c1C=O. The normalized spacial score (nSPS) is 15.0. The van der Waals surface area contributed by atoms with Crippen LogP contribution in [0.25, 0.3) is 17.1 Å². The fourth-order valence-corrected chi connectivity index (χ4v) is 5.02. The highest BCUT2D eigenvalue weighted by molar-refractivity contribution is 5.94. The number of aromatic nitrogens is 5. The van der Waals surface area contributed by atoms with Crippen molar-refractivity contribution in [1.82, 2.24) is 24.7 Å². The predicted molar refractivity (Wildman–Crippen MR) is 150 cm³/mol. The number of allylic oxidation sites excluding steroid dienone is 1. The third-order valence-electron chi connectivity index (χ3n) is 6.88. The number of rotatable bonds is 7. The van der Waals surface area contributed by atoms with Crippen LogP contribution in [0.4, 0.5) is 17.5 Å². The van der Waals surface area contributed by atoms with Gasteiger partial charge in [0.25, 0.3) is 6.01 Å². The van der Waals surface area contributed by atoms with Gasteiger partial charge in [-0.1, -0.05) is 42.5 Å². The molecule has 0 bridgehead atoms. The molecule has 5 aromatic rings. The molecule has 0 spiro atoms. The molecular weight excluding hydrogens is 492 g/mol. The Kier molecular flexibility index (Phi) is 6.20. The van der Waals surface area contributed by atoms with Crippen molar-refractivity contribution < 1.29 is 9.21 Å². The Hall–Kier alpha value is -5.12. The van der Waals surface area contributed by atoms with Gasteiger partial charge in [0.05, 0.1) is 23.3 Å². The van der Waals surface area contributed by atoms with Crippen LogP contribution < -0.4 is 11.5 Å². The standard InChI is InChI=1S/C29H26N8O2/c1-17-6-5-7-18(22(17)15-38)12-21(34-20-8-3-2-4-9-20)14-37-28-25(27(30)32-16-33-28)26(36-37)19-10-11-23-24(13-19)39-29(31)35-23/h2-11,15-16,19H,12-14H2,1H3,(H2,31,35)(H2,30,32,33). The Morgan fingerprint density at radius 1 is 1.15 bits per heavy atom. The molecular formula is C29H26N8O2. The highest BCUT2D eigenvalue weighted by atomic mass is 16.4. The van der Waals surface area contributed by atoms with Gasteiger partial charge in [-0.25, -0.2) is 14.6 Å². The van der Waals surface area contributed by atoms with Crippen LogP contribution in [0.15, 0.2) is 70.3 Å². The highest BCUT2D eigenvalue weighted by Crippen LogP contribution is 2.35. The number of nitrogen functional groups attached to an aromatic ring is 2. The molecule has 0 saturated carbocycles. The molecule has 6 rings (SSSR count). The average Bonchev–Trinajstić information content (AvgIpc) is 3.49. The Labute approximate surface area is 224 Å². The van der Waals surface area contributed by atoms with E-state index in [4.69, 9.17) is 26.0 Å². The lowest BCUT2D eigenvalue weighted by Gasteiger charge is -2.13. The van der Waals surface area contributed by atoms with E-state index < -0.39 is 0 Å². The van der Waals surface area contributed by atoms with Gasteiger partial charge in [-0.2, -0.15) is 10.1 Å². The lowest BCUT2D eigenvalue weighted by molar-refractivity contribution is 0.112. The lowest BCUT2D eigenvalue weighted by Crippen LogP contribution is -2.16. The number of anilines is 2. The zero-order valence-electron chi connectivity index (χ0n) is 21.3. The molecule has 0 aliphatic heterocycles. The summed E-state index contributed by atoms with van der Waals surface area (Å²) in [6.45, 7) is 2.27. The van der Waals surface area contributed by atoms with Crippen molar-refractivity contribution in [3.05, 3.63) is 94.8 Å². The van der Waals surface area contributed by atoms with E-state index in [0.29, 0.717) is 47.6 Å². The number of nitrogens with zero attached hydrogens (tertiary/aromatic N) is 6. The van der Waals surface area contributed by atoms with Gasteiger partial charge < -0.3 is 15.9 Å². The van der Waals surface area contributed by atoms with Crippen LogP contribution in [-0.4, -0.2) is 36.7 Å². The monoisotopic (exact) mass is 518 g/mol. The van der Waals surface area contributed by atoms with Crippen LogP contribution in [-0.2, 0) is 19.4 Å². The third kappa shape index (κ3) is 4.68. The quantitative estimate of drug-likeness (QED) is 0.237. The molecule has 10 heteroatoms. The molecule has 2 aromatic carbocycles. The van der Waals surface area contributed by atoms with Crippen molar-refractivity contribution in [2.45, 2.75) is 32.2 Å². The molecule has 0 amide bonds. The van der Waals surface area contributed by atoms with Crippen molar-refractivity contribution in [3.63, 3.8) is 0 Å². The minimum absolute atomic E-state index is 0.130. The van der Waals surface area contributed by atoms with Crippen molar-refractivity contribution in [1.29, 1.82) is 0 Å². The molecule has 0 radical (unpaired) electrons. The molecule has 3 heterocycles. The second-order valence-corrected chi connectivity index (χ2v) is 9.49. The van der Waals surface area contributed by atoms with Gasteiger partial charge in [0.15, 0.2) is 11.9 Å². The van der Waals surface area contributed by atoms with Gasteiger partial charge >= 0.3 is 0 Å². The van der Waals surface area contributed by atoms with Crippen LogP contribution in [0.5, 0.6) is 0 Å². The zero-order chi connectivity index (χ0) is 26.9. The van der Waals surface area contributed by atoms with Crippen LogP contribution >= 0.6 is 0 Å². The lowest BCUT2D eigenvalue weighted by atomic mass is 9.92. The summed E-state index contributed by atoms with van der Waals surface area (Å²) in [5.74, 6) is 0.918. The van der Waals surface area contributed by atoms with Gasteiger partial charge in [0, 0.05) is 30.0 Å². The summed E-state index contributed by atoms with van der Waals surface area (Å²) in [6.07, 6.45) is 7.24. The number of aliphatic imine (C=N–C) groups is 1. The van der Waals surface area contributed by atoms with Gasteiger partial charge in [-0.3, -0.25) is 9.79 Å². The van der Waals surface area contributed by atoms with E-state index in [1.54, 1.807) is 4.68 Å². The number of oxazole rings is 1. The molecule has 1 unspecified atom stereocenters. The predicted octanol–water partition coefficient (Wildman–Crippen LogP) is 4.47. The number of hydrogen-bond donors (Lipinski definition) is 2. The zero-order valence-corrected chi connectivity index (χ0v) is 21.3. The number of fused-ring (bicyclic) bond motifs is 2. The molecule has 0 fully saturated rings. The first-order valence-electron chi connectivity index (χ1n) is 12.6. The first-order chi connectivity index (χ1) is 19.0. The van der Waals surface area contributed by atoms with E-state index >= 15 is 0 Å². The fourth-order valence-electron chi connectivity index (χ4n) is 5.02. The maximum Gasteiger partial charge on any atom is 0.292 e. The first kappa shape index (κ1) is 24.2. The number of carbonyl (C=O) groups excluding carboxylic acids is 1. The topological polar surface area (TPSA) is 151 Å². The van der Waals surface area contributed by atoms with E-state index in [0.717, 1.165) is 40.2 Å². The van der Waals surface area contributed by atoms with E-state index in [9.17, 15) is 4.79 Å². The molecule has 39 heavy (non-hydrogen) atoms. The second-order valence-electron chi connectivity index (χ2n) is 9.49. The summed E-state index contributed by atoms with van der Waals surface area (Å²) >= 11 is 0. The van der Waals surface area contributed by atoms with Crippen LogP contribution in [0.2, 0.25) is 0 Å². The third-order valence-corrected chi connectivity index (χ3v) is 6.88. The Balaban J connectivity index is 1.42. The molecule has 1 aliphatic carbocycles. The minimum atomic E-state index is -0.130. The minimum Gasteiger partial charge on any atom is -0.428 e. The van der Waals surface area contributed by atoms with E-state index in [2.05, 4.69) is 15.0 Å². The molecule has 1 aliphatic rings. The van der Waals surface area contributed by atoms with Gasteiger partial charge in [0.2, 0.25) is 0 Å². The number of aldehydes is 1. The second kappa shape index (κ2) is 9.97. The fraction of sp³-hybridized carbons (Fsp3) is 0.172. The highest BCUT2D eigenvalue weighted by Gasteiger charge is 2.27. The van der Waals surface area contributed by atoms with E-state index in [1.807, 2.05) is 67.6 Å². The number of para-hydroxylation sites is 1. The molecule has 4 N–H and O–H groups in total. The van der Waals surface area contributed by atoms with Gasteiger partial charge in [0.1, 0.15) is 23.6 Å². The summed E-state index contributed by atoms with van der Waals surface area (Å²) in [4.78, 5) is 29.9. The smallest absolute Gasteiger partial charge is 0.292 e. The largest absolute Gasteiger partial charge is 0.428 e. The number of aryl methyl sites for hydroxylation is 1. The van der Waals surface area contributed by atoms with Crippen molar-refractivity contribution >= 4 is 46.6 Å². The van der Waals surface area contributed by atoms with E-state index in [-0.39, 0.29) is 11.9 Å². The van der Waals surface area contributed by atoms with Gasteiger partial charge in [-0.05, 0) is 36.3 Å². The summed E-state index contributed by atoms with van der Waals surface area (Å²) in [5.41, 5.74) is 18.3. The van der Waals surface area contributed by atoms with Crippen LogP contribution in [0, 0.1) is 6.92 Å². The number of nitrogens with two attached hydrogens (primary N) is 2. The Bertz CT molecular complexity index is 1750. The van der Waals surface area contributed by atoms with Crippen molar-refractivity contribution in [3.8, 4) is 0 Å². The Morgan fingerprint density at radius 2 is 2.00 bits per heavy atom. The van der Waals surface area contributed by atoms with Crippen LogP contribution in [0.1, 0.15) is 44.6 Å². The first-order valence-corrected chi connectivity index (χ1v) is 12.6. The number of hydrogen-bond acceptors (Lipinski definition) is 9. The maximum atomic E-state index is 11.9. The van der Waals surface area contributed by atoms with Crippen LogP contribution in [0.3, 0.4) is 0 Å². The van der Waals surface area contributed by atoms with Crippen molar-refractivity contribution in [2.75, 3.05) is 11.5 Å².